The molecule has 2 rings (SSSR count). The topological polar surface area (TPSA) is 65.6 Å². The number of rotatable bonds is 6. The second-order valence-electron chi connectivity index (χ2n) is 5.61. The Kier molecular flexibility index (Phi) is 5.04. The number of nitrogens with one attached hydrogen (secondary N) is 1. The van der Waals surface area contributed by atoms with Gasteiger partial charge in [0, 0.05) is 18.2 Å². The van der Waals surface area contributed by atoms with Crippen LogP contribution < -0.4 is 5.32 Å². The maximum Gasteiger partial charge on any atom is 0.132 e. The molecule has 1 aromatic carbocycles. The van der Waals surface area contributed by atoms with Gasteiger partial charge in [-0.05, 0) is 56.5 Å². The van der Waals surface area contributed by atoms with Crippen LogP contribution >= 0.6 is 0 Å². The molecule has 4 nitrogen and oxygen atoms in total. The van der Waals surface area contributed by atoms with Crippen molar-refractivity contribution < 1.29 is 14.6 Å². The fourth-order valence-corrected chi connectivity index (χ4v) is 2.30. The largest absolute Gasteiger partial charge is 0.508 e. The van der Waals surface area contributed by atoms with E-state index in [2.05, 4.69) is 5.32 Å². The zero-order valence-electron chi connectivity index (χ0n) is 12.8. The summed E-state index contributed by atoms with van der Waals surface area (Å²) in [7, 11) is 0. The van der Waals surface area contributed by atoms with Gasteiger partial charge in [-0.2, -0.15) is 0 Å². The number of hydrogen-bond acceptors (Lipinski definition) is 4. The van der Waals surface area contributed by atoms with Crippen molar-refractivity contribution in [3.05, 3.63) is 53.0 Å². The van der Waals surface area contributed by atoms with Crippen molar-refractivity contribution in [1.29, 1.82) is 0 Å². The number of furan rings is 1. The van der Waals surface area contributed by atoms with Crippen molar-refractivity contribution >= 4 is 0 Å². The van der Waals surface area contributed by atoms with Gasteiger partial charge < -0.3 is 19.9 Å². The molecule has 114 valence electrons. The predicted octanol–water partition coefficient (Wildman–Crippen LogP) is 3.20. The molecule has 2 aromatic rings. The minimum absolute atomic E-state index is 0.103. The van der Waals surface area contributed by atoms with Crippen molar-refractivity contribution in [2.45, 2.75) is 45.9 Å². The van der Waals surface area contributed by atoms with Crippen LogP contribution in [0, 0.1) is 13.8 Å². The van der Waals surface area contributed by atoms with E-state index < -0.39 is 6.10 Å². The van der Waals surface area contributed by atoms with Gasteiger partial charge in [0.15, 0.2) is 0 Å². The molecule has 0 saturated carbocycles. The number of aromatic hydroxyl groups is 1. The summed E-state index contributed by atoms with van der Waals surface area (Å²) in [5, 5.41) is 23.3. The molecule has 0 aliphatic heterocycles. The molecule has 0 aliphatic carbocycles. The number of phenols is 1. The van der Waals surface area contributed by atoms with Crippen LogP contribution in [-0.4, -0.2) is 16.3 Å². The molecule has 1 heterocycles. The number of aliphatic hydroxyl groups is 1. The Morgan fingerprint density at radius 1 is 1.24 bits per heavy atom. The van der Waals surface area contributed by atoms with Crippen molar-refractivity contribution in [3.63, 3.8) is 0 Å². The maximum atomic E-state index is 10.0. The van der Waals surface area contributed by atoms with Gasteiger partial charge in [0.05, 0.1) is 6.26 Å². The van der Waals surface area contributed by atoms with Crippen LogP contribution in [-0.2, 0) is 6.54 Å². The first-order valence-electron chi connectivity index (χ1n) is 7.21. The summed E-state index contributed by atoms with van der Waals surface area (Å²) in [6.45, 7) is 6.58. The van der Waals surface area contributed by atoms with E-state index in [4.69, 9.17) is 4.42 Å². The average Bonchev–Trinajstić information content (AvgIpc) is 2.95. The molecule has 0 amide bonds. The molecule has 2 atom stereocenters. The Morgan fingerprint density at radius 3 is 2.62 bits per heavy atom. The smallest absolute Gasteiger partial charge is 0.132 e. The van der Waals surface area contributed by atoms with Crippen LogP contribution in [0.25, 0.3) is 0 Å². The van der Waals surface area contributed by atoms with E-state index in [1.165, 1.54) is 0 Å². The number of benzene rings is 1. The lowest BCUT2D eigenvalue weighted by Crippen LogP contribution is -2.27. The van der Waals surface area contributed by atoms with Crippen LogP contribution in [0.2, 0.25) is 0 Å². The second kappa shape index (κ2) is 6.78. The molecule has 0 aliphatic rings. The molecule has 4 heteroatoms. The Balaban J connectivity index is 1.89. The molecule has 0 saturated heterocycles. The third-order valence-corrected chi connectivity index (χ3v) is 3.78. The van der Waals surface area contributed by atoms with Gasteiger partial charge in [0.1, 0.15) is 17.6 Å². The maximum absolute atomic E-state index is 10.0. The average molecular weight is 289 g/mol. The first kappa shape index (κ1) is 15.6. The first-order chi connectivity index (χ1) is 9.97. The van der Waals surface area contributed by atoms with Gasteiger partial charge in [-0.15, -0.1) is 0 Å². The Labute approximate surface area is 125 Å². The van der Waals surface area contributed by atoms with Crippen molar-refractivity contribution in [1.82, 2.24) is 5.32 Å². The summed E-state index contributed by atoms with van der Waals surface area (Å²) in [6.07, 6.45) is 1.50. The normalized spacial score (nSPS) is 14.1. The van der Waals surface area contributed by atoms with E-state index in [0.29, 0.717) is 24.5 Å². The van der Waals surface area contributed by atoms with Crippen LogP contribution in [0.5, 0.6) is 5.75 Å². The van der Waals surface area contributed by atoms with Gasteiger partial charge in [0.2, 0.25) is 0 Å². The Morgan fingerprint density at radius 2 is 1.95 bits per heavy atom. The van der Waals surface area contributed by atoms with Gasteiger partial charge in [0.25, 0.3) is 0 Å². The molecule has 3 N–H and O–H groups in total. The van der Waals surface area contributed by atoms with Crippen LogP contribution in [0.15, 0.2) is 34.9 Å². The zero-order chi connectivity index (χ0) is 15.4. The number of aliphatic hydroxyl groups excluding tert-OH is 1. The molecule has 0 radical (unpaired) electrons. The van der Waals surface area contributed by atoms with E-state index in [1.807, 2.05) is 26.8 Å². The minimum Gasteiger partial charge on any atom is -0.508 e. The van der Waals surface area contributed by atoms with Crippen molar-refractivity contribution in [3.8, 4) is 5.75 Å². The molecular formula is C17H23NO3. The molecule has 0 spiro atoms. The number of phenolic OH excluding ortho intramolecular Hbond substituents is 1. The molecule has 0 fully saturated rings. The van der Waals surface area contributed by atoms with E-state index in [9.17, 15) is 10.2 Å². The lowest BCUT2D eigenvalue weighted by atomic mass is 10.0. The summed E-state index contributed by atoms with van der Waals surface area (Å²) in [6, 6.07) is 7.42. The van der Waals surface area contributed by atoms with Crippen molar-refractivity contribution in [2.75, 3.05) is 0 Å². The molecule has 0 bridgehead atoms. The molecule has 21 heavy (non-hydrogen) atoms. The van der Waals surface area contributed by atoms with Gasteiger partial charge in [-0.3, -0.25) is 0 Å². The van der Waals surface area contributed by atoms with E-state index >= 15 is 0 Å². The lowest BCUT2D eigenvalue weighted by molar-refractivity contribution is 0.128. The highest BCUT2D eigenvalue weighted by molar-refractivity contribution is 5.40. The lowest BCUT2D eigenvalue weighted by Gasteiger charge is -2.17. The monoisotopic (exact) mass is 289 g/mol. The van der Waals surface area contributed by atoms with Crippen LogP contribution in [0.1, 0.15) is 41.9 Å². The summed E-state index contributed by atoms with van der Waals surface area (Å²) in [5.41, 5.74) is 3.11. The minimum atomic E-state index is -0.615. The summed E-state index contributed by atoms with van der Waals surface area (Å²) in [5.74, 6) is 0.891. The van der Waals surface area contributed by atoms with Gasteiger partial charge >= 0.3 is 0 Å². The highest BCUT2D eigenvalue weighted by Gasteiger charge is 2.15. The zero-order valence-corrected chi connectivity index (χ0v) is 12.8. The summed E-state index contributed by atoms with van der Waals surface area (Å²) >= 11 is 0. The standard InChI is InChI=1S/C17H23NO3/c1-11-7-14(15(19)8-12(11)2)10-18-13(3)9-16(20)17-5-4-6-21-17/h4-8,13,16,18-20H,9-10H2,1-3H3. The van der Waals surface area contributed by atoms with Gasteiger partial charge in [-0.1, -0.05) is 6.07 Å². The van der Waals surface area contributed by atoms with E-state index in [-0.39, 0.29) is 6.04 Å². The Hall–Kier alpha value is -1.78. The SMILES string of the molecule is Cc1cc(O)c(CNC(C)CC(O)c2ccco2)cc1C. The Bertz CT molecular complexity index is 578. The third kappa shape index (κ3) is 4.09. The van der Waals surface area contributed by atoms with E-state index in [0.717, 1.165) is 16.7 Å². The number of hydrogen-bond donors (Lipinski definition) is 3. The molecule has 1 aromatic heterocycles. The van der Waals surface area contributed by atoms with Crippen LogP contribution in [0.4, 0.5) is 0 Å². The molecular weight excluding hydrogens is 266 g/mol. The van der Waals surface area contributed by atoms with E-state index in [1.54, 1.807) is 24.5 Å². The summed E-state index contributed by atoms with van der Waals surface area (Å²) in [4.78, 5) is 0. The van der Waals surface area contributed by atoms with Gasteiger partial charge in [-0.25, -0.2) is 0 Å². The van der Waals surface area contributed by atoms with Crippen molar-refractivity contribution in [2.24, 2.45) is 0 Å². The predicted molar refractivity (Wildman–Crippen MR) is 82.2 cm³/mol. The fraction of sp³-hybridized carbons (Fsp3) is 0.412. The summed E-state index contributed by atoms with van der Waals surface area (Å²) < 4.78 is 5.19. The second-order valence-corrected chi connectivity index (χ2v) is 5.61. The fourth-order valence-electron chi connectivity index (χ4n) is 2.30. The number of aryl methyl sites for hydroxylation is 2. The first-order valence-corrected chi connectivity index (χ1v) is 7.21. The quantitative estimate of drug-likeness (QED) is 0.764. The highest BCUT2D eigenvalue weighted by atomic mass is 16.4. The highest BCUT2D eigenvalue weighted by Crippen LogP contribution is 2.23. The van der Waals surface area contributed by atoms with Crippen LogP contribution in [0.3, 0.4) is 0 Å². The third-order valence-electron chi connectivity index (χ3n) is 3.78. The molecule has 2 unspecified atom stereocenters.